The minimum absolute atomic E-state index is 0.177. The molecule has 2 aromatic rings. The second kappa shape index (κ2) is 6.02. The van der Waals surface area contributed by atoms with Crippen molar-refractivity contribution in [3.05, 3.63) is 32.6 Å². The molecule has 2 heterocycles. The van der Waals surface area contributed by atoms with E-state index in [1.54, 1.807) is 36.9 Å². The average Bonchev–Trinajstić information content (AvgIpc) is 2.97. The Balaban J connectivity index is 2.01. The van der Waals surface area contributed by atoms with Gasteiger partial charge in [0.2, 0.25) is 0 Å². The lowest BCUT2D eigenvalue weighted by Crippen LogP contribution is -2.06. The van der Waals surface area contributed by atoms with E-state index in [1.807, 2.05) is 22.9 Å². The van der Waals surface area contributed by atoms with Crippen molar-refractivity contribution in [2.24, 2.45) is 0 Å². The number of carbonyl (C=O) groups excluding carboxylic acids is 1. The van der Waals surface area contributed by atoms with Crippen LogP contribution in [0, 0.1) is 0 Å². The summed E-state index contributed by atoms with van der Waals surface area (Å²) in [5, 5.41) is 3.88. The van der Waals surface area contributed by atoms with Crippen LogP contribution < -0.4 is 9.47 Å². The number of ketones is 1. The number of hydrogen-bond acceptors (Lipinski definition) is 5. The van der Waals surface area contributed by atoms with Crippen LogP contribution in [0.15, 0.2) is 22.9 Å². The van der Waals surface area contributed by atoms with E-state index < -0.39 is 0 Å². The van der Waals surface area contributed by atoms with E-state index in [-0.39, 0.29) is 5.78 Å². The molecule has 0 bridgehead atoms. The van der Waals surface area contributed by atoms with E-state index in [2.05, 4.69) is 0 Å². The first-order valence-corrected chi connectivity index (χ1v) is 7.23. The summed E-state index contributed by atoms with van der Waals surface area (Å²) >= 11 is 3.10. The maximum atomic E-state index is 12.0. The van der Waals surface area contributed by atoms with Crippen molar-refractivity contribution >= 4 is 28.5 Å². The van der Waals surface area contributed by atoms with Crippen molar-refractivity contribution in [2.45, 2.75) is 12.8 Å². The molecule has 0 aliphatic carbocycles. The van der Waals surface area contributed by atoms with Gasteiger partial charge in [0.05, 0.1) is 24.0 Å². The fourth-order valence-corrected chi connectivity index (χ4v) is 3.44. The van der Waals surface area contributed by atoms with Crippen molar-refractivity contribution in [3.8, 4) is 11.5 Å². The van der Waals surface area contributed by atoms with Crippen LogP contribution in [0.5, 0.6) is 11.5 Å². The molecule has 0 unspecified atom stereocenters. The van der Waals surface area contributed by atoms with Gasteiger partial charge in [-0.05, 0) is 22.9 Å². The Kier molecular flexibility index (Phi) is 4.38. The topological polar surface area (TPSA) is 35.5 Å². The standard InChI is InChI=1S/C13H14O3S2/c1-15-10-3-5-17-12(10)7-9(14)8-13-11(16-2)4-6-18-13/h3-6H,7-8H2,1-2H3. The van der Waals surface area contributed by atoms with Crippen molar-refractivity contribution in [2.75, 3.05) is 14.2 Å². The third-order valence-corrected chi connectivity index (χ3v) is 4.37. The highest BCUT2D eigenvalue weighted by Gasteiger charge is 2.14. The van der Waals surface area contributed by atoms with Gasteiger partial charge in [0, 0.05) is 12.8 Å². The Labute approximate surface area is 114 Å². The summed E-state index contributed by atoms with van der Waals surface area (Å²) in [6.45, 7) is 0. The van der Waals surface area contributed by atoms with Gasteiger partial charge in [-0.25, -0.2) is 0 Å². The second-order valence-corrected chi connectivity index (χ2v) is 5.72. The molecule has 3 nitrogen and oxygen atoms in total. The van der Waals surface area contributed by atoms with Gasteiger partial charge >= 0.3 is 0 Å². The Hall–Kier alpha value is -1.33. The van der Waals surface area contributed by atoms with Crippen LogP contribution in [0.1, 0.15) is 9.75 Å². The minimum atomic E-state index is 0.177. The molecule has 0 amide bonds. The van der Waals surface area contributed by atoms with Crippen LogP contribution >= 0.6 is 22.7 Å². The molecule has 0 radical (unpaired) electrons. The lowest BCUT2D eigenvalue weighted by molar-refractivity contribution is -0.117. The third kappa shape index (κ3) is 2.91. The molecule has 0 aromatic carbocycles. The maximum absolute atomic E-state index is 12.0. The summed E-state index contributed by atoms with van der Waals surface area (Å²) < 4.78 is 10.4. The number of methoxy groups -OCH3 is 2. The number of rotatable bonds is 6. The highest BCUT2D eigenvalue weighted by atomic mass is 32.1. The van der Waals surface area contributed by atoms with E-state index in [1.165, 1.54) is 0 Å². The van der Waals surface area contributed by atoms with Crippen LogP contribution in [-0.2, 0) is 17.6 Å². The summed E-state index contributed by atoms with van der Waals surface area (Å²) in [7, 11) is 3.25. The number of ether oxygens (including phenoxy) is 2. The average molecular weight is 282 g/mol. The molecule has 0 atom stereocenters. The molecule has 5 heteroatoms. The normalized spacial score (nSPS) is 10.3. The quantitative estimate of drug-likeness (QED) is 0.816. The highest BCUT2D eigenvalue weighted by Crippen LogP contribution is 2.28. The zero-order valence-corrected chi connectivity index (χ0v) is 11.9. The van der Waals surface area contributed by atoms with Crippen molar-refractivity contribution in [3.63, 3.8) is 0 Å². The van der Waals surface area contributed by atoms with E-state index in [9.17, 15) is 4.79 Å². The smallest absolute Gasteiger partial charge is 0.143 e. The van der Waals surface area contributed by atoms with Gasteiger partial charge < -0.3 is 9.47 Å². The van der Waals surface area contributed by atoms with Crippen LogP contribution in [0.3, 0.4) is 0 Å². The van der Waals surface area contributed by atoms with Gasteiger partial charge in [0.1, 0.15) is 17.3 Å². The number of carbonyl (C=O) groups is 1. The summed E-state index contributed by atoms with van der Waals surface area (Å²) in [6.07, 6.45) is 0.837. The first kappa shape index (κ1) is 13.1. The largest absolute Gasteiger partial charge is 0.496 e. The molecular formula is C13H14O3S2. The summed E-state index contributed by atoms with van der Waals surface area (Å²) in [5.74, 6) is 1.77. The van der Waals surface area contributed by atoms with Gasteiger partial charge in [0.25, 0.3) is 0 Å². The van der Waals surface area contributed by atoms with Crippen LogP contribution in [0.2, 0.25) is 0 Å². The van der Waals surface area contributed by atoms with E-state index in [0.717, 1.165) is 21.3 Å². The van der Waals surface area contributed by atoms with Crippen LogP contribution in [-0.4, -0.2) is 20.0 Å². The molecule has 0 aliphatic heterocycles. The summed E-state index contributed by atoms with van der Waals surface area (Å²) in [5.41, 5.74) is 0. The van der Waals surface area contributed by atoms with Gasteiger partial charge in [-0.15, -0.1) is 22.7 Å². The maximum Gasteiger partial charge on any atom is 0.143 e. The fourth-order valence-electron chi connectivity index (χ4n) is 1.70. The number of hydrogen-bond donors (Lipinski definition) is 0. The molecule has 0 saturated carbocycles. The molecule has 0 spiro atoms. The van der Waals surface area contributed by atoms with E-state index in [4.69, 9.17) is 9.47 Å². The van der Waals surface area contributed by atoms with E-state index in [0.29, 0.717) is 12.8 Å². The predicted octanol–water partition coefficient (Wildman–Crippen LogP) is 3.18. The van der Waals surface area contributed by atoms with Crippen molar-refractivity contribution in [1.82, 2.24) is 0 Å². The molecule has 18 heavy (non-hydrogen) atoms. The van der Waals surface area contributed by atoms with E-state index >= 15 is 0 Å². The molecule has 96 valence electrons. The lowest BCUT2D eigenvalue weighted by Gasteiger charge is -2.03. The first-order valence-electron chi connectivity index (χ1n) is 5.47. The third-order valence-electron chi connectivity index (χ3n) is 2.56. The first-order chi connectivity index (χ1) is 8.74. The number of thiophene rings is 2. The van der Waals surface area contributed by atoms with Crippen molar-refractivity contribution in [1.29, 1.82) is 0 Å². The molecule has 2 aromatic heterocycles. The zero-order valence-electron chi connectivity index (χ0n) is 10.3. The van der Waals surface area contributed by atoms with Gasteiger partial charge in [-0.1, -0.05) is 0 Å². The molecule has 0 aliphatic rings. The Morgan fingerprint density at radius 2 is 1.44 bits per heavy atom. The lowest BCUT2D eigenvalue weighted by atomic mass is 10.1. The Morgan fingerprint density at radius 3 is 1.83 bits per heavy atom. The van der Waals surface area contributed by atoms with Gasteiger partial charge in [-0.3, -0.25) is 4.79 Å². The van der Waals surface area contributed by atoms with Crippen LogP contribution in [0.4, 0.5) is 0 Å². The predicted molar refractivity (Wildman–Crippen MR) is 74.2 cm³/mol. The summed E-state index contributed by atoms with van der Waals surface area (Å²) in [4.78, 5) is 14.0. The van der Waals surface area contributed by atoms with Crippen molar-refractivity contribution < 1.29 is 14.3 Å². The Bertz CT molecular complexity index is 482. The van der Waals surface area contributed by atoms with Gasteiger partial charge in [-0.2, -0.15) is 0 Å². The monoisotopic (exact) mass is 282 g/mol. The molecule has 0 fully saturated rings. The zero-order chi connectivity index (χ0) is 13.0. The highest BCUT2D eigenvalue weighted by molar-refractivity contribution is 7.10. The van der Waals surface area contributed by atoms with Gasteiger partial charge in [0.15, 0.2) is 0 Å². The fraction of sp³-hybridized carbons (Fsp3) is 0.308. The van der Waals surface area contributed by atoms with Crippen LogP contribution in [0.25, 0.3) is 0 Å². The number of Topliss-reactive ketones (excluding diaryl/α,β-unsaturated/α-hetero) is 1. The molecule has 2 rings (SSSR count). The molecular weight excluding hydrogens is 268 g/mol. The molecule has 0 saturated heterocycles. The SMILES string of the molecule is COc1ccsc1CC(=O)Cc1sccc1OC. The summed E-state index contributed by atoms with van der Waals surface area (Å²) in [6, 6.07) is 3.78. The molecule has 0 N–H and O–H groups in total. The second-order valence-electron chi connectivity index (χ2n) is 3.72. The Morgan fingerprint density at radius 1 is 1.00 bits per heavy atom. The minimum Gasteiger partial charge on any atom is -0.496 e.